The number of nitrogens with one attached hydrogen (secondary N) is 1. The molecule has 0 bridgehead atoms. The fourth-order valence-electron chi connectivity index (χ4n) is 2.92. The van der Waals surface area contributed by atoms with Crippen molar-refractivity contribution < 1.29 is 14.3 Å². The minimum absolute atomic E-state index is 0.131. The molecule has 0 aromatic heterocycles. The first-order valence-corrected chi connectivity index (χ1v) is 8.35. The predicted octanol–water partition coefficient (Wildman–Crippen LogP) is 4.47. The summed E-state index contributed by atoms with van der Waals surface area (Å²) >= 11 is 0. The molecule has 1 atom stereocenters. The summed E-state index contributed by atoms with van der Waals surface area (Å²) in [5.41, 5.74) is 2.39. The topological polar surface area (TPSA) is 47.6 Å². The highest BCUT2D eigenvalue weighted by Gasteiger charge is 2.26. The van der Waals surface area contributed by atoms with Gasteiger partial charge in [0.05, 0.1) is 20.1 Å². The summed E-state index contributed by atoms with van der Waals surface area (Å²) in [6, 6.07) is 24.6. The Labute approximate surface area is 153 Å². The second kappa shape index (κ2) is 8.21. The Kier molecular flexibility index (Phi) is 5.54. The smallest absolute Gasteiger partial charge is 0.236 e. The highest BCUT2D eigenvalue weighted by Crippen LogP contribution is 2.35. The quantitative estimate of drug-likeness (QED) is 0.715. The molecular formula is C22H21NO3. The van der Waals surface area contributed by atoms with Crippen LogP contribution in [0.4, 0.5) is 5.69 Å². The van der Waals surface area contributed by atoms with Gasteiger partial charge in [-0.1, -0.05) is 48.5 Å². The molecule has 1 amide bonds. The van der Waals surface area contributed by atoms with Gasteiger partial charge in [-0.25, -0.2) is 0 Å². The molecule has 0 heterocycles. The van der Waals surface area contributed by atoms with Gasteiger partial charge in [-0.05, 0) is 35.9 Å². The number of anilines is 1. The lowest BCUT2D eigenvalue weighted by Crippen LogP contribution is -2.22. The highest BCUT2D eigenvalue weighted by atomic mass is 16.5. The number of carbonyl (C=O) groups is 1. The molecule has 132 valence electrons. The van der Waals surface area contributed by atoms with Crippen LogP contribution in [-0.4, -0.2) is 20.1 Å². The molecule has 0 saturated heterocycles. The van der Waals surface area contributed by atoms with Crippen molar-refractivity contribution in [2.75, 3.05) is 19.5 Å². The molecule has 3 aromatic carbocycles. The van der Waals surface area contributed by atoms with E-state index in [2.05, 4.69) is 5.32 Å². The Morgan fingerprint density at radius 2 is 1.50 bits per heavy atom. The number of hydrogen-bond donors (Lipinski definition) is 1. The molecule has 0 spiro atoms. The molecule has 4 heteroatoms. The van der Waals surface area contributed by atoms with E-state index in [0.717, 1.165) is 16.8 Å². The van der Waals surface area contributed by atoms with Gasteiger partial charge in [0.1, 0.15) is 11.5 Å². The number of rotatable bonds is 6. The average Bonchev–Trinajstić information content (AvgIpc) is 2.69. The molecule has 3 aromatic rings. The van der Waals surface area contributed by atoms with Crippen molar-refractivity contribution in [2.24, 2.45) is 0 Å². The monoisotopic (exact) mass is 347 g/mol. The summed E-state index contributed by atoms with van der Waals surface area (Å²) in [7, 11) is 3.20. The minimum Gasteiger partial charge on any atom is -0.497 e. The molecule has 0 aliphatic carbocycles. The van der Waals surface area contributed by atoms with E-state index < -0.39 is 5.92 Å². The third kappa shape index (κ3) is 3.86. The zero-order chi connectivity index (χ0) is 18.4. The summed E-state index contributed by atoms with van der Waals surface area (Å²) in [5, 5.41) is 2.99. The van der Waals surface area contributed by atoms with Crippen LogP contribution in [0.3, 0.4) is 0 Å². The first kappa shape index (κ1) is 17.5. The Balaban J connectivity index is 2.06. The maximum atomic E-state index is 13.2. The normalized spacial score (nSPS) is 11.5. The summed E-state index contributed by atoms with van der Waals surface area (Å²) < 4.78 is 10.9. The first-order valence-electron chi connectivity index (χ1n) is 8.35. The van der Waals surface area contributed by atoms with Gasteiger partial charge in [0.2, 0.25) is 5.91 Å². The van der Waals surface area contributed by atoms with Gasteiger partial charge in [-0.3, -0.25) is 4.79 Å². The number of amides is 1. The van der Waals surface area contributed by atoms with Crippen molar-refractivity contribution in [3.63, 3.8) is 0 Å². The summed E-state index contributed by atoms with van der Waals surface area (Å²) in [6.07, 6.45) is 0. The van der Waals surface area contributed by atoms with Crippen molar-refractivity contribution >= 4 is 11.6 Å². The zero-order valence-electron chi connectivity index (χ0n) is 14.8. The SMILES string of the molecule is COc1ccc(OC)c(C(C(=O)Nc2ccccc2)c2ccccc2)c1. The molecule has 0 aliphatic heterocycles. The van der Waals surface area contributed by atoms with E-state index in [1.807, 2.05) is 78.9 Å². The van der Waals surface area contributed by atoms with Gasteiger partial charge in [0.15, 0.2) is 0 Å². The van der Waals surface area contributed by atoms with Gasteiger partial charge in [-0.2, -0.15) is 0 Å². The Hall–Kier alpha value is -3.27. The summed E-state index contributed by atoms with van der Waals surface area (Å²) in [6.45, 7) is 0. The lowest BCUT2D eigenvalue weighted by Gasteiger charge is -2.21. The van der Waals surface area contributed by atoms with Crippen molar-refractivity contribution in [2.45, 2.75) is 5.92 Å². The van der Waals surface area contributed by atoms with Crippen LogP contribution in [0.15, 0.2) is 78.9 Å². The third-order valence-electron chi connectivity index (χ3n) is 4.18. The predicted molar refractivity (Wildman–Crippen MR) is 103 cm³/mol. The lowest BCUT2D eigenvalue weighted by molar-refractivity contribution is -0.116. The highest BCUT2D eigenvalue weighted by molar-refractivity contribution is 5.98. The summed E-state index contributed by atoms with van der Waals surface area (Å²) in [4.78, 5) is 13.2. The van der Waals surface area contributed by atoms with Crippen LogP contribution in [0.25, 0.3) is 0 Å². The molecular weight excluding hydrogens is 326 g/mol. The number of carbonyl (C=O) groups excluding carboxylic acids is 1. The lowest BCUT2D eigenvalue weighted by atomic mass is 9.89. The number of benzene rings is 3. The molecule has 0 radical (unpaired) electrons. The first-order chi connectivity index (χ1) is 12.7. The number of hydrogen-bond acceptors (Lipinski definition) is 3. The van der Waals surface area contributed by atoms with Crippen LogP contribution in [0.5, 0.6) is 11.5 Å². The largest absolute Gasteiger partial charge is 0.497 e. The second-order valence-electron chi connectivity index (χ2n) is 5.81. The van der Waals surface area contributed by atoms with E-state index in [-0.39, 0.29) is 5.91 Å². The maximum absolute atomic E-state index is 13.2. The van der Waals surface area contributed by atoms with Crippen molar-refractivity contribution in [3.8, 4) is 11.5 Å². The zero-order valence-corrected chi connectivity index (χ0v) is 14.8. The third-order valence-corrected chi connectivity index (χ3v) is 4.18. The van der Waals surface area contributed by atoms with Crippen LogP contribution >= 0.6 is 0 Å². The van der Waals surface area contributed by atoms with E-state index >= 15 is 0 Å². The number of ether oxygens (including phenoxy) is 2. The number of methoxy groups -OCH3 is 2. The molecule has 26 heavy (non-hydrogen) atoms. The van der Waals surface area contributed by atoms with Gasteiger partial charge in [0, 0.05) is 11.3 Å². The van der Waals surface area contributed by atoms with E-state index in [9.17, 15) is 4.79 Å². The molecule has 3 rings (SSSR count). The van der Waals surface area contributed by atoms with E-state index in [4.69, 9.17) is 9.47 Å². The fourth-order valence-corrected chi connectivity index (χ4v) is 2.92. The van der Waals surface area contributed by atoms with Crippen LogP contribution in [0, 0.1) is 0 Å². The average molecular weight is 347 g/mol. The minimum atomic E-state index is -0.526. The fraction of sp³-hybridized carbons (Fsp3) is 0.136. The standard InChI is InChI=1S/C22H21NO3/c1-25-18-13-14-20(26-2)19(15-18)21(16-9-5-3-6-10-16)22(24)23-17-11-7-4-8-12-17/h3-15,21H,1-2H3,(H,23,24). The van der Waals surface area contributed by atoms with Crippen molar-refractivity contribution in [3.05, 3.63) is 90.0 Å². The molecule has 4 nitrogen and oxygen atoms in total. The molecule has 1 N–H and O–H groups in total. The van der Waals surface area contributed by atoms with Gasteiger partial charge >= 0.3 is 0 Å². The van der Waals surface area contributed by atoms with Crippen LogP contribution < -0.4 is 14.8 Å². The van der Waals surface area contributed by atoms with Gasteiger partial charge in [-0.15, -0.1) is 0 Å². The number of para-hydroxylation sites is 1. The van der Waals surface area contributed by atoms with E-state index in [1.54, 1.807) is 14.2 Å². The Morgan fingerprint density at radius 3 is 2.12 bits per heavy atom. The summed E-state index contributed by atoms with van der Waals surface area (Å²) in [5.74, 6) is 0.660. The molecule has 0 aliphatic rings. The van der Waals surface area contributed by atoms with Crippen LogP contribution in [-0.2, 0) is 4.79 Å². The van der Waals surface area contributed by atoms with Crippen LogP contribution in [0.1, 0.15) is 17.0 Å². The van der Waals surface area contributed by atoms with Gasteiger partial charge in [0.25, 0.3) is 0 Å². The van der Waals surface area contributed by atoms with Crippen LogP contribution in [0.2, 0.25) is 0 Å². The van der Waals surface area contributed by atoms with Crippen molar-refractivity contribution in [1.29, 1.82) is 0 Å². The van der Waals surface area contributed by atoms with Crippen molar-refractivity contribution in [1.82, 2.24) is 0 Å². The molecule has 1 unspecified atom stereocenters. The molecule has 0 fully saturated rings. The Morgan fingerprint density at radius 1 is 0.846 bits per heavy atom. The second-order valence-corrected chi connectivity index (χ2v) is 5.81. The maximum Gasteiger partial charge on any atom is 0.236 e. The van der Waals surface area contributed by atoms with E-state index in [0.29, 0.717) is 11.5 Å². The van der Waals surface area contributed by atoms with E-state index in [1.165, 1.54) is 0 Å². The molecule has 0 saturated carbocycles. The van der Waals surface area contributed by atoms with Gasteiger partial charge < -0.3 is 14.8 Å². The Bertz CT molecular complexity index is 863.